The maximum absolute atomic E-state index is 13.9. The zero-order chi connectivity index (χ0) is 23.0. The number of carbonyl (C=O) groups excluding carboxylic acids is 2. The molecule has 2 aromatic carbocycles. The minimum Gasteiger partial charge on any atom is -0.461 e. The van der Waals surface area contributed by atoms with Gasteiger partial charge in [0, 0.05) is 37.7 Å². The summed E-state index contributed by atoms with van der Waals surface area (Å²) in [5, 5.41) is 5.98. The van der Waals surface area contributed by atoms with Crippen molar-refractivity contribution in [3.05, 3.63) is 78.3 Å². The summed E-state index contributed by atoms with van der Waals surface area (Å²) in [5.41, 5.74) is 1.21. The molecule has 1 fully saturated rings. The molecule has 6 nitrogen and oxygen atoms in total. The van der Waals surface area contributed by atoms with Gasteiger partial charge in [-0.2, -0.15) is 0 Å². The zero-order valence-corrected chi connectivity index (χ0v) is 18.4. The monoisotopic (exact) mass is 449 g/mol. The van der Waals surface area contributed by atoms with E-state index in [0.29, 0.717) is 36.5 Å². The normalized spacial score (nSPS) is 14.7. The van der Waals surface area contributed by atoms with Crippen molar-refractivity contribution >= 4 is 17.5 Å². The fraction of sp³-hybridized carbons (Fsp3) is 0.308. The Morgan fingerprint density at radius 2 is 1.67 bits per heavy atom. The molecule has 2 amide bonds. The highest BCUT2D eigenvalue weighted by Crippen LogP contribution is 2.25. The van der Waals surface area contributed by atoms with Gasteiger partial charge in [-0.25, -0.2) is 4.39 Å². The Bertz CT molecular complexity index is 1080. The number of rotatable bonds is 8. The third-order valence-corrected chi connectivity index (χ3v) is 5.78. The lowest BCUT2D eigenvalue weighted by Gasteiger charge is -2.31. The second-order valence-corrected chi connectivity index (χ2v) is 8.28. The van der Waals surface area contributed by atoms with Gasteiger partial charge in [0.2, 0.25) is 11.8 Å². The van der Waals surface area contributed by atoms with Gasteiger partial charge in [-0.3, -0.25) is 14.5 Å². The van der Waals surface area contributed by atoms with Crippen molar-refractivity contribution < 1.29 is 18.4 Å². The van der Waals surface area contributed by atoms with Crippen molar-refractivity contribution in [2.45, 2.75) is 31.7 Å². The van der Waals surface area contributed by atoms with Gasteiger partial charge < -0.3 is 15.1 Å². The Labute approximate surface area is 192 Å². The average molecular weight is 450 g/mol. The van der Waals surface area contributed by atoms with Gasteiger partial charge in [0.1, 0.15) is 17.3 Å². The second kappa shape index (κ2) is 10.9. The molecule has 1 aliphatic heterocycles. The standard InChI is InChI=1S/C26H28FN3O3/c27-23-9-5-4-8-22(23)24-12-10-21(33-24)11-13-25(31)28-20-14-16-30(17-15-20)18-26(32)29-19-6-2-1-3-7-19/h1-10,12,20H,11,13-18H2,(H,28,31)(H,29,32). The molecule has 0 unspecified atom stereocenters. The molecular weight excluding hydrogens is 421 g/mol. The number of benzene rings is 2. The largest absolute Gasteiger partial charge is 0.461 e. The van der Waals surface area contributed by atoms with E-state index in [0.717, 1.165) is 31.6 Å². The number of piperidine rings is 1. The number of nitrogens with zero attached hydrogens (tertiary/aromatic N) is 1. The van der Waals surface area contributed by atoms with Crippen LogP contribution in [0.2, 0.25) is 0 Å². The minimum absolute atomic E-state index is 0.0286. The predicted octanol–water partition coefficient (Wildman–Crippen LogP) is 4.24. The number of para-hydroxylation sites is 1. The van der Waals surface area contributed by atoms with Gasteiger partial charge in [-0.05, 0) is 49.2 Å². The number of hydrogen-bond acceptors (Lipinski definition) is 4. The quantitative estimate of drug-likeness (QED) is 0.540. The van der Waals surface area contributed by atoms with Crippen LogP contribution in [0, 0.1) is 5.82 Å². The topological polar surface area (TPSA) is 74.6 Å². The molecule has 0 spiro atoms. The lowest BCUT2D eigenvalue weighted by Crippen LogP contribution is -2.46. The Balaban J connectivity index is 1.16. The minimum atomic E-state index is -0.333. The molecule has 1 aliphatic rings. The van der Waals surface area contributed by atoms with E-state index in [1.165, 1.54) is 6.07 Å². The first-order valence-electron chi connectivity index (χ1n) is 11.3. The molecule has 1 aromatic heterocycles. The van der Waals surface area contributed by atoms with Crippen molar-refractivity contribution in [2.75, 3.05) is 25.0 Å². The first-order chi connectivity index (χ1) is 16.1. The van der Waals surface area contributed by atoms with Crippen LogP contribution < -0.4 is 10.6 Å². The summed E-state index contributed by atoms with van der Waals surface area (Å²) < 4.78 is 19.6. The van der Waals surface area contributed by atoms with E-state index in [1.54, 1.807) is 30.3 Å². The molecule has 3 aromatic rings. The Hall–Kier alpha value is -3.45. The molecular formula is C26H28FN3O3. The van der Waals surface area contributed by atoms with Gasteiger partial charge >= 0.3 is 0 Å². The van der Waals surface area contributed by atoms with Crippen molar-refractivity contribution in [3.8, 4) is 11.3 Å². The van der Waals surface area contributed by atoms with E-state index in [9.17, 15) is 14.0 Å². The van der Waals surface area contributed by atoms with Crippen LogP contribution in [-0.4, -0.2) is 42.4 Å². The molecule has 2 heterocycles. The van der Waals surface area contributed by atoms with Crippen LogP contribution in [0.3, 0.4) is 0 Å². The van der Waals surface area contributed by atoms with Crippen LogP contribution in [0.25, 0.3) is 11.3 Å². The van der Waals surface area contributed by atoms with Gasteiger partial charge in [0.05, 0.1) is 12.1 Å². The molecule has 172 valence electrons. The average Bonchev–Trinajstić information content (AvgIpc) is 3.29. The number of nitrogens with one attached hydrogen (secondary N) is 2. The smallest absolute Gasteiger partial charge is 0.238 e. The van der Waals surface area contributed by atoms with Crippen LogP contribution in [-0.2, 0) is 16.0 Å². The Kier molecular flexibility index (Phi) is 7.52. The summed E-state index contributed by atoms with van der Waals surface area (Å²) in [6, 6.07) is 19.5. The lowest BCUT2D eigenvalue weighted by molar-refractivity contribution is -0.122. The van der Waals surface area contributed by atoms with Gasteiger partial charge in [-0.15, -0.1) is 0 Å². The summed E-state index contributed by atoms with van der Waals surface area (Å²) in [4.78, 5) is 26.7. The summed E-state index contributed by atoms with van der Waals surface area (Å²) in [5.74, 6) is 0.728. The van der Waals surface area contributed by atoms with E-state index in [4.69, 9.17) is 4.42 Å². The van der Waals surface area contributed by atoms with Crippen molar-refractivity contribution in [2.24, 2.45) is 0 Å². The van der Waals surface area contributed by atoms with Gasteiger partial charge in [-0.1, -0.05) is 30.3 Å². The lowest BCUT2D eigenvalue weighted by atomic mass is 10.0. The number of halogens is 1. The van der Waals surface area contributed by atoms with Crippen molar-refractivity contribution in [1.29, 1.82) is 0 Å². The number of likely N-dealkylation sites (tertiary alicyclic amines) is 1. The zero-order valence-electron chi connectivity index (χ0n) is 18.4. The molecule has 0 saturated carbocycles. The highest BCUT2D eigenvalue weighted by molar-refractivity contribution is 5.92. The third-order valence-electron chi connectivity index (χ3n) is 5.78. The third kappa shape index (κ3) is 6.52. The number of hydrogen-bond donors (Lipinski definition) is 2. The number of furan rings is 1. The summed E-state index contributed by atoms with van der Waals surface area (Å²) in [7, 11) is 0. The molecule has 7 heteroatoms. The van der Waals surface area contributed by atoms with Gasteiger partial charge in [0.25, 0.3) is 0 Å². The molecule has 33 heavy (non-hydrogen) atoms. The molecule has 1 saturated heterocycles. The second-order valence-electron chi connectivity index (χ2n) is 8.28. The fourth-order valence-corrected chi connectivity index (χ4v) is 4.02. The van der Waals surface area contributed by atoms with Gasteiger partial charge in [0.15, 0.2) is 0 Å². The molecule has 0 radical (unpaired) electrons. The SMILES string of the molecule is O=C(CN1CCC(NC(=O)CCc2ccc(-c3ccccc3F)o2)CC1)Nc1ccccc1. The van der Waals surface area contributed by atoms with E-state index in [-0.39, 0.29) is 23.7 Å². The van der Waals surface area contributed by atoms with Crippen LogP contribution in [0.4, 0.5) is 10.1 Å². The highest BCUT2D eigenvalue weighted by Gasteiger charge is 2.22. The molecule has 0 atom stereocenters. The fourth-order valence-electron chi connectivity index (χ4n) is 4.02. The van der Waals surface area contributed by atoms with Crippen LogP contribution in [0.1, 0.15) is 25.0 Å². The maximum Gasteiger partial charge on any atom is 0.238 e. The first-order valence-corrected chi connectivity index (χ1v) is 11.3. The van der Waals surface area contributed by atoms with E-state index < -0.39 is 0 Å². The molecule has 0 bridgehead atoms. The summed E-state index contributed by atoms with van der Waals surface area (Å²) in [6.07, 6.45) is 2.38. The Morgan fingerprint density at radius 3 is 2.42 bits per heavy atom. The van der Waals surface area contributed by atoms with Crippen LogP contribution in [0.15, 0.2) is 71.1 Å². The molecule has 0 aliphatic carbocycles. The predicted molar refractivity (Wildman–Crippen MR) is 125 cm³/mol. The number of anilines is 1. The number of aryl methyl sites for hydroxylation is 1. The van der Waals surface area contributed by atoms with E-state index >= 15 is 0 Å². The van der Waals surface area contributed by atoms with Crippen molar-refractivity contribution in [1.82, 2.24) is 10.2 Å². The number of amides is 2. The van der Waals surface area contributed by atoms with Crippen LogP contribution >= 0.6 is 0 Å². The molecule has 2 N–H and O–H groups in total. The maximum atomic E-state index is 13.9. The van der Waals surface area contributed by atoms with Crippen LogP contribution in [0.5, 0.6) is 0 Å². The summed E-state index contributed by atoms with van der Waals surface area (Å²) >= 11 is 0. The number of carbonyl (C=O) groups is 2. The summed E-state index contributed by atoms with van der Waals surface area (Å²) in [6.45, 7) is 1.87. The Morgan fingerprint density at radius 1 is 0.939 bits per heavy atom. The van der Waals surface area contributed by atoms with E-state index in [1.807, 2.05) is 30.3 Å². The molecule has 4 rings (SSSR count). The first kappa shape index (κ1) is 22.7. The van der Waals surface area contributed by atoms with Crippen molar-refractivity contribution in [3.63, 3.8) is 0 Å². The van der Waals surface area contributed by atoms with E-state index in [2.05, 4.69) is 15.5 Å². The highest BCUT2D eigenvalue weighted by atomic mass is 19.1.